The third kappa shape index (κ3) is 2.22. The van der Waals surface area contributed by atoms with Crippen LogP contribution in [0.2, 0.25) is 5.02 Å². The number of aliphatic hydroxyl groups excluding tert-OH is 1. The molecule has 1 N–H and O–H groups in total. The van der Waals surface area contributed by atoms with E-state index < -0.39 is 11.9 Å². The Morgan fingerprint density at radius 2 is 2.05 bits per heavy atom. The van der Waals surface area contributed by atoms with Gasteiger partial charge in [0.25, 0.3) is 0 Å². The molecule has 6 heteroatoms. The number of aromatic nitrogens is 1. The Bertz CT molecular complexity index is 635. The zero-order valence-corrected chi connectivity index (χ0v) is 10.4. The van der Waals surface area contributed by atoms with Gasteiger partial charge < -0.3 is 14.6 Å². The van der Waals surface area contributed by atoms with Crippen LogP contribution in [0.3, 0.4) is 0 Å². The highest BCUT2D eigenvalue weighted by molar-refractivity contribution is 6.32. The summed E-state index contributed by atoms with van der Waals surface area (Å²) >= 11 is 6.03. The molecule has 1 atom stereocenters. The second kappa shape index (κ2) is 4.68. The predicted octanol–water partition coefficient (Wildman–Crippen LogP) is 2.68. The summed E-state index contributed by atoms with van der Waals surface area (Å²) in [6.45, 7) is 0.0934. The van der Waals surface area contributed by atoms with Crippen molar-refractivity contribution in [3.63, 3.8) is 0 Å². The molecule has 0 saturated carbocycles. The Balaban J connectivity index is 2.00. The van der Waals surface area contributed by atoms with E-state index in [1.165, 1.54) is 12.3 Å². The van der Waals surface area contributed by atoms with Crippen molar-refractivity contribution < 1.29 is 19.0 Å². The van der Waals surface area contributed by atoms with Gasteiger partial charge in [-0.25, -0.2) is 4.39 Å². The lowest BCUT2D eigenvalue weighted by Crippen LogP contribution is -2.01. The van der Waals surface area contributed by atoms with Gasteiger partial charge in [0.05, 0.1) is 11.2 Å². The number of pyridine rings is 1. The predicted molar refractivity (Wildman–Crippen MR) is 65.8 cm³/mol. The van der Waals surface area contributed by atoms with Gasteiger partial charge in [-0.3, -0.25) is 4.98 Å². The fourth-order valence-electron chi connectivity index (χ4n) is 1.92. The molecule has 0 aliphatic carbocycles. The molecule has 2 aromatic rings. The molecule has 1 aliphatic rings. The van der Waals surface area contributed by atoms with E-state index in [4.69, 9.17) is 21.1 Å². The topological polar surface area (TPSA) is 51.6 Å². The molecular weight excluding hydrogens is 273 g/mol. The first-order valence-electron chi connectivity index (χ1n) is 5.52. The van der Waals surface area contributed by atoms with Crippen LogP contribution in [0, 0.1) is 5.82 Å². The number of hydrogen-bond donors (Lipinski definition) is 1. The molecule has 0 amide bonds. The van der Waals surface area contributed by atoms with Crippen molar-refractivity contribution >= 4 is 11.6 Å². The van der Waals surface area contributed by atoms with Gasteiger partial charge in [-0.15, -0.1) is 0 Å². The van der Waals surface area contributed by atoms with Crippen LogP contribution >= 0.6 is 11.6 Å². The van der Waals surface area contributed by atoms with Crippen molar-refractivity contribution in [2.75, 3.05) is 6.79 Å². The summed E-state index contributed by atoms with van der Waals surface area (Å²) in [4.78, 5) is 3.70. The summed E-state index contributed by atoms with van der Waals surface area (Å²) in [6, 6.07) is 4.39. The maximum atomic E-state index is 13.1. The van der Waals surface area contributed by atoms with Crippen molar-refractivity contribution in [2.24, 2.45) is 0 Å². The monoisotopic (exact) mass is 281 g/mol. The second-order valence-corrected chi connectivity index (χ2v) is 4.48. The minimum atomic E-state index is -1.03. The molecule has 4 nitrogen and oxygen atoms in total. The van der Waals surface area contributed by atoms with Crippen molar-refractivity contribution in [3.8, 4) is 11.5 Å². The fraction of sp³-hybridized carbons (Fsp3) is 0.154. The van der Waals surface area contributed by atoms with Crippen LogP contribution in [0.4, 0.5) is 4.39 Å². The molecule has 0 saturated heterocycles. The number of ether oxygens (including phenoxy) is 2. The van der Waals surface area contributed by atoms with Gasteiger partial charge in [0.1, 0.15) is 11.9 Å². The Morgan fingerprint density at radius 1 is 1.21 bits per heavy atom. The van der Waals surface area contributed by atoms with Crippen LogP contribution in [0.25, 0.3) is 0 Å². The third-order valence-electron chi connectivity index (χ3n) is 2.81. The summed E-state index contributed by atoms with van der Waals surface area (Å²) in [5, 5.41) is 10.6. The highest BCUT2D eigenvalue weighted by atomic mass is 35.5. The van der Waals surface area contributed by atoms with Gasteiger partial charge in [-0.05, 0) is 23.8 Å². The van der Waals surface area contributed by atoms with Gasteiger partial charge >= 0.3 is 0 Å². The maximum absolute atomic E-state index is 13.1. The van der Waals surface area contributed by atoms with Gasteiger partial charge in [-0.1, -0.05) is 11.6 Å². The van der Waals surface area contributed by atoms with E-state index in [1.54, 1.807) is 12.1 Å². The Kier molecular flexibility index (Phi) is 3.00. The maximum Gasteiger partial charge on any atom is 0.231 e. The molecule has 3 rings (SSSR count). The van der Waals surface area contributed by atoms with E-state index in [0.29, 0.717) is 27.6 Å². The number of nitrogens with zero attached hydrogens (tertiary/aromatic N) is 1. The smallest absolute Gasteiger partial charge is 0.231 e. The minimum Gasteiger partial charge on any atom is -0.454 e. The zero-order valence-electron chi connectivity index (χ0n) is 9.64. The van der Waals surface area contributed by atoms with Gasteiger partial charge in [-0.2, -0.15) is 0 Å². The summed E-state index contributed by atoms with van der Waals surface area (Å²) in [5.41, 5.74) is 0.830. The number of hydrogen-bond acceptors (Lipinski definition) is 4. The van der Waals surface area contributed by atoms with Crippen LogP contribution in [0.5, 0.6) is 11.5 Å². The minimum absolute atomic E-state index is 0.0934. The molecule has 0 spiro atoms. The summed E-state index contributed by atoms with van der Waals surface area (Å²) in [7, 11) is 0. The van der Waals surface area contributed by atoms with E-state index in [9.17, 15) is 9.50 Å². The molecule has 0 fully saturated rings. The van der Waals surface area contributed by atoms with Gasteiger partial charge in [0.2, 0.25) is 6.79 Å². The second-order valence-electron chi connectivity index (χ2n) is 4.08. The Labute approximate surface area is 113 Å². The van der Waals surface area contributed by atoms with Crippen molar-refractivity contribution in [2.45, 2.75) is 6.10 Å². The Hall–Kier alpha value is -1.85. The van der Waals surface area contributed by atoms with E-state index in [0.717, 1.165) is 6.20 Å². The van der Waals surface area contributed by atoms with Gasteiger partial charge in [0.15, 0.2) is 11.5 Å². The summed E-state index contributed by atoms with van der Waals surface area (Å²) in [5.74, 6) is 0.407. The molecule has 1 aromatic carbocycles. The lowest BCUT2D eigenvalue weighted by molar-refractivity contribution is 0.173. The number of aliphatic hydroxyl groups is 1. The molecule has 0 bridgehead atoms. The quantitative estimate of drug-likeness (QED) is 0.919. The third-order valence-corrected chi connectivity index (χ3v) is 3.09. The zero-order chi connectivity index (χ0) is 13.4. The lowest BCUT2D eigenvalue weighted by atomic mass is 10.0. The highest BCUT2D eigenvalue weighted by Crippen LogP contribution is 2.41. The molecule has 1 aliphatic heterocycles. The van der Waals surface area contributed by atoms with Crippen LogP contribution < -0.4 is 9.47 Å². The first-order chi connectivity index (χ1) is 9.15. The van der Waals surface area contributed by atoms with E-state index in [-0.39, 0.29) is 6.79 Å². The molecule has 98 valence electrons. The number of halogens is 2. The first-order valence-corrected chi connectivity index (χ1v) is 5.90. The molecule has 2 heterocycles. The van der Waals surface area contributed by atoms with Crippen LogP contribution in [0.15, 0.2) is 30.6 Å². The SMILES string of the molecule is OC(c1cncc(F)c1)c1cc(Cl)c2c(c1)OCO2. The van der Waals surface area contributed by atoms with Crippen LogP contribution in [-0.2, 0) is 0 Å². The summed E-state index contributed by atoms with van der Waals surface area (Å²) in [6.07, 6.45) is 1.44. The van der Waals surface area contributed by atoms with Gasteiger partial charge in [0, 0.05) is 11.8 Å². The molecule has 1 aromatic heterocycles. The van der Waals surface area contributed by atoms with Crippen LogP contribution in [-0.4, -0.2) is 16.9 Å². The normalized spacial score (nSPS) is 14.5. The fourth-order valence-corrected chi connectivity index (χ4v) is 2.19. The molecule has 19 heavy (non-hydrogen) atoms. The summed E-state index contributed by atoms with van der Waals surface area (Å²) < 4.78 is 23.5. The average Bonchev–Trinajstić information content (AvgIpc) is 2.86. The van der Waals surface area contributed by atoms with E-state index in [2.05, 4.69) is 4.98 Å². The average molecular weight is 282 g/mol. The largest absolute Gasteiger partial charge is 0.454 e. The van der Waals surface area contributed by atoms with Crippen molar-refractivity contribution in [1.82, 2.24) is 4.98 Å². The lowest BCUT2D eigenvalue weighted by Gasteiger charge is -2.12. The van der Waals surface area contributed by atoms with Crippen molar-refractivity contribution in [3.05, 3.63) is 52.6 Å². The molecule has 1 unspecified atom stereocenters. The van der Waals surface area contributed by atoms with E-state index >= 15 is 0 Å². The number of rotatable bonds is 2. The Morgan fingerprint density at radius 3 is 2.84 bits per heavy atom. The molecular formula is C13H9ClFNO3. The first kappa shape index (κ1) is 12.2. The highest BCUT2D eigenvalue weighted by Gasteiger charge is 2.21. The van der Waals surface area contributed by atoms with Crippen LogP contribution in [0.1, 0.15) is 17.2 Å². The standard InChI is InChI=1S/C13H9ClFNO3/c14-10-2-7(3-11-13(10)19-6-18-11)12(17)8-1-9(15)5-16-4-8/h1-5,12,17H,6H2. The number of benzene rings is 1. The number of fused-ring (bicyclic) bond motifs is 1. The van der Waals surface area contributed by atoms with E-state index in [1.807, 2.05) is 0 Å². The van der Waals surface area contributed by atoms with Crippen molar-refractivity contribution in [1.29, 1.82) is 0 Å². The molecule has 0 radical (unpaired) electrons.